The fourth-order valence-corrected chi connectivity index (χ4v) is 2.07. The number of hydrogen-bond donors (Lipinski definition) is 1. The predicted molar refractivity (Wildman–Crippen MR) is 82.5 cm³/mol. The number of aromatic nitrogens is 1. The third-order valence-electron chi connectivity index (χ3n) is 3.20. The van der Waals surface area contributed by atoms with Crippen LogP contribution in [0.2, 0.25) is 0 Å². The zero-order chi connectivity index (χ0) is 14.8. The maximum Gasteiger partial charge on any atom is 0.128 e. The van der Waals surface area contributed by atoms with Gasteiger partial charge in [0.1, 0.15) is 5.75 Å². The second-order valence-electron chi connectivity index (χ2n) is 4.75. The molecule has 0 aromatic carbocycles. The Kier molecular flexibility index (Phi) is 7.92. The molecule has 0 unspecified atom stereocenters. The van der Waals surface area contributed by atoms with Crippen LogP contribution < -0.4 is 10.1 Å². The van der Waals surface area contributed by atoms with Crippen molar-refractivity contribution in [3.8, 4) is 5.75 Å². The highest BCUT2D eigenvalue weighted by molar-refractivity contribution is 5.41. The standard InChI is InChI=1S/C16H26N2O2/c1-13-12-18-15(14(2)16(13)20-4)8-6-5-7-9-17-10-11-19-3/h5-6,12,17H,7-11H2,1-4H3. The predicted octanol–water partition coefficient (Wildman–Crippen LogP) is 2.43. The van der Waals surface area contributed by atoms with E-state index < -0.39 is 0 Å². The van der Waals surface area contributed by atoms with Crippen molar-refractivity contribution in [2.75, 3.05) is 33.9 Å². The van der Waals surface area contributed by atoms with Gasteiger partial charge < -0.3 is 14.8 Å². The van der Waals surface area contributed by atoms with E-state index in [-0.39, 0.29) is 0 Å². The molecule has 0 aliphatic heterocycles. The summed E-state index contributed by atoms with van der Waals surface area (Å²) in [5, 5.41) is 3.31. The molecule has 0 fully saturated rings. The van der Waals surface area contributed by atoms with Crippen LogP contribution >= 0.6 is 0 Å². The minimum atomic E-state index is 0.760. The van der Waals surface area contributed by atoms with Crippen molar-refractivity contribution in [3.63, 3.8) is 0 Å². The zero-order valence-electron chi connectivity index (χ0n) is 13.0. The van der Waals surface area contributed by atoms with Crippen LogP contribution in [-0.4, -0.2) is 38.9 Å². The van der Waals surface area contributed by atoms with Gasteiger partial charge in [-0.05, 0) is 26.8 Å². The maximum atomic E-state index is 5.41. The van der Waals surface area contributed by atoms with Crippen molar-refractivity contribution in [1.82, 2.24) is 10.3 Å². The normalized spacial score (nSPS) is 11.2. The molecule has 112 valence electrons. The highest BCUT2D eigenvalue weighted by Gasteiger charge is 2.07. The second kappa shape index (κ2) is 9.50. The first-order valence-electron chi connectivity index (χ1n) is 7.04. The summed E-state index contributed by atoms with van der Waals surface area (Å²) in [4.78, 5) is 4.48. The summed E-state index contributed by atoms with van der Waals surface area (Å²) >= 11 is 0. The lowest BCUT2D eigenvalue weighted by atomic mass is 10.1. The van der Waals surface area contributed by atoms with Gasteiger partial charge in [-0.3, -0.25) is 4.98 Å². The Labute approximate surface area is 122 Å². The zero-order valence-corrected chi connectivity index (χ0v) is 13.0. The molecule has 0 bridgehead atoms. The van der Waals surface area contributed by atoms with Crippen LogP contribution in [-0.2, 0) is 11.2 Å². The van der Waals surface area contributed by atoms with Crippen LogP contribution in [0.3, 0.4) is 0 Å². The summed E-state index contributed by atoms with van der Waals surface area (Å²) in [5.41, 5.74) is 3.30. The highest BCUT2D eigenvalue weighted by Crippen LogP contribution is 2.24. The van der Waals surface area contributed by atoms with Crippen molar-refractivity contribution in [3.05, 3.63) is 35.2 Å². The molecular weight excluding hydrogens is 252 g/mol. The fraction of sp³-hybridized carbons (Fsp3) is 0.562. The summed E-state index contributed by atoms with van der Waals surface area (Å²) in [6.45, 7) is 6.72. The molecule has 0 aliphatic carbocycles. The number of nitrogens with one attached hydrogen (secondary N) is 1. The van der Waals surface area contributed by atoms with Gasteiger partial charge in [0.15, 0.2) is 0 Å². The Hall–Kier alpha value is -1.39. The van der Waals surface area contributed by atoms with Gasteiger partial charge in [-0.15, -0.1) is 0 Å². The van der Waals surface area contributed by atoms with Crippen LogP contribution in [0.4, 0.5) is 0 Å². The second-order valence-corrected chi connectivity index (χ2v) is 4.75. The maximum absolute atomic E-state index is 5.41. The van der Waals surface area contributed by atoms with Gasteiger partial charge in [-0.25, -0.2) is 0 Å². The van der Waals surface area contributed by atoms with Gasteiger partial charge in [0.25, 0.3) is 0 Å². The van der Waals surface area contributed by atoms with Crippen molar-refractivity contribution >= 4 is 0 Å². The van der Waals surface area contributed by atoms with E-state index in [0.29, 0.717) is 0 Å². The number of rotatable bonds is 9. The molecule has 1 aromatic rings. The fourth-order valence-electron chi connectivity index (χ4n) is 2.07. The number of methoxy groups -OCH3 is 2. The number of nitrogens with zero attached hydrogens (tertiary/aromatic N) is 1. The first-order chi connectivity index (χ1) is 9.70. The number of allylic oxidation sites excluding steroid dienone is 1. The lowest BCUT2D eigenvalue weighted by Gasteiger charge is -2.10. The van der Waals surface area contributed by atoms with Gasteiger partial charge in [-0.2, -0.15) is 0 Å². The molecule has 1 aromatic heterocycles. The molecule has 0 radical (unpaired) electrons. The Bertz CT molecular complexity index is 431. The third kappa shape index (κ3) is 5.31. The van der Waals surface area contributed by atoms with E-state index >= 15 is 0 Å². The molecule has 20 heavy (non-hydrogen) atoms. The molecule has 0 amide bonds. The molecule has 0 saturated heterocycles. The molecule has 0 saturated carbocycles. The van der Waals surface area contributed by atoms with Gasteiger partial charge >= 0.3 is 0 Å². The number of pyridine rings is 1. The largest absolute Gasteiger partial charge is 0.496 e. The van der Waals surface area contributed by atoms with Crippen molar-refractivity contribution in [2.24, 2.45) is 0 Å². The number of hydrogen-bond acceptors (Lipinski definition) is 4. The monoisotopic (exact) mass is 278 g/mol. The lowest BCUT2D eigenvalue weighted by Crippen LogP contribution is -2.19. The molecule has 1 rings (SSSR count). The molecule has 4 heteroatoms. The number of aryl methyl sites for hydroxylation is 1. The Balaban J connectivity index is 2.38. The first-order valence-corrected chi connectivity index (χ1v) is 7.04. The van der Waals surface area contributed by atoms with Gasteiger partial charge in [0.05, 0.1) is 19.4 Å². The molecule has 4 nitrogen and oxygen atoms in total. The topological polar surface area (TPSA) is 43.4 Å². The summed E-state index contributed by atoms with van der Waals surface area (Å²) in [6, 6.07) is 0. The van der Waals surface area contributed by atoms with E-state index in [2.05, 4.69) is 29.4 Å². The van der Waals surface area contributed by atoms with Crippen molar-refractivity contribution < 1.29 is 9.47 Å². The minimum absolute atomic E-state index is 0.760. The molecule has 0 atom stereocenters. The van der Waals surface area contributed by atoms with E-state index in [1.54, 1.807) is 14.2 Å². The van der Waals surface area contributed by atoms with E-state index in [0.717, 1.165) is 55.1 Å². The summed E-state index contributed by atoms with van der Waals surface area (Å²) in [5.74, 6) is 0.949. The average molecular weight is 278 g/mol. The van der Waals surface area contributed by atoms with Crippen LogP contribution in [0.25, 0.3) is 0 Å². The molecule has 1 N–H and O–H groups in total. The molecule has 0 aliphatic rings. The third-order valence-corrected chi connectivity index (χ3v) is 3.20. The van der Waals surface area contributed by atoms with Crippen molar-refractivity contribution in [1.29, 1.82) is 0 Å². The molecular formula is C16H26N2O2. The van der Waals surface area contributed by atoms with Crippen LogP contribution in [0.1, 0.15) is 23.2 Å². The summed E-state index contributed by atoms with van der Waals surface area (Å²) in [7, 11) is 3.42. The van der Waals surface area contributed by atoms with E-state index in [1.807, 2.05) is 13.1 Å². The Morgan fingerprint density at radius 3 is 2.70 bits per heavy atom. The van der Waals surface area contributed by atoms with Crippen LogP contribution in [0.15, 0.2) is 18.3 Å². The van der Waals surface area contributed by atoms with Crippen molar-refractivity contribution in [2.45, 2.75) is 26.7 Å². The Morgan fingerprint density at radius 1 is 1.20 bits per heavy atom. The van der Waals surface area contributed by atoms with E-state index in [1.165, 1.54) is 0 Å². The quantitative estimate of drug-likeness (QED) is 0.556. The van der Waals surface area contributed by atoms with E-state index in [9.17, 15) is 0 Å². The number of ether oxygens (including phenoxy) is 2. The SMILES string of the molecule is COCCNCCC=CCc1ncc(C)c(OC)c1C. The van der Waals surface area contributed by atoms with E-state index in [4.69, 9.17) is 9.47 Å². The van der Waals surface area contributed by atoms with Gasteiger partial charge in [0.2, 0.25) is 0 Å². The summed E-state index contributed by atoms with van der Waals surface area (Å²) < 4.78 is 10.4. The average Bonchev–Trinajstić information content (AvgIpc) is 2.44. The smallest absolute Gasteiger partial charge is 0.128 e. The first kappa shape index (κ1) is 16.7. The van der Waals surface area contributed by atoms with Crippen LogP contribution in [0, 0.1) is 13.8 Å². The Morgan fingerprint density at radius 2 is 2.00 bits per heavy atom. The van der Waals surface area contributed by atoms with Gasteiger partial charge in [-0.1, -0.05) is 12.2 Å². The lowest BCUT2D eigenvalue weighted by molar-refractivity contribution is 0.199. The van der Waals surface area contributed by atoms with Crippen LogP contribution in [0.5, 0.6) is 5.75 Å². The molecule has 1 heterocycles. The minimum Gasteiger partial charge on any atom is -0.496 e. The molecule has 0 spiro atoms. The highest BCUT2D eigenvalue weighted by atomic mass is 16.5. The summed E-state index contributed by atoms with van der Waals surface area (Å²) in [6.07, 6.45) is 8.10. The van der Waals surface area contributed by atoms with Gasteiger partial charge in [0, 0.05) is 37.4 Å².